The van der Waals surface area contributed by atoms with Gasteiger partial charge < -0.3 is 0 Å². The predicted molar refractivity (Wildman–Crippen MR) is 93.2 cm³/mol. The molecular formula is C19H12ClN3. The molecule has 0 aliphatic heterocycles. The molecule has 4 heteroatoms. The minimum absolute atomic E-state index is 0.295. The molecule has 0 saturated heterocycles. The summed E-state index contributed by atoms with van der Waals surface area (Å²) in [5.74, 6) is -0.868. The smallest absolute Gasteiger partial charge is 0.208 e. The molecule has 0 unspecified atom stereocenters. The van der Waals surface area contributed by atoms with Crippen molar-refractivity contribution in [2.45, 2.75) is 0 Å². The summed E-state index contributed by atoms with van der Waals surface area (Å²) in [6.07, 6.45) is 0. The lowest BCUT2D eigenvalue weighted by atomic mass is 10.0. The Morgan fingerprint density at radius 2 is 1.39 bits per heavy atom. The SMILES string of the molecule is [2H]c1c([2H])c([2H])c(-c2nc(Cl)nc(-c3c([2H])c([2H])c([2H])c4c([2H])c([2H])c([2H])c([2H])c34)n2)c([2H])c1[2H]. The van der Waals surface area contributed by atoms with E-state index in [1.54, 1.807) is 0 Å². The summed E-state index contributed by atoms with van der Waals surface area (Å²) in [4.78, 5) is 11.9. The third-order valence-electron chi connectivity index (χ3n) is 2.87. The zero-order valence-corrected chi connectivity index (χ0v) is 12.0. The molecule has 0 aliphatic carbocycles. The summed E-state index contributed by atoms with van der Waals surface area (Å²) < 4.78 is 97.0. The summed E-state index contributed by atoms with van der Waals surface area (Å²) in [6.45, 7) is 0. The van der Waals surface area contributed by atoms with Gasteiger partial charge in [-0.15, -0.1) is 0 Å². The molecule has 3 aromatic carbocycles. The fourth-order valence-corrected chi connectivity index (χ4v) is 2.08. The Morgan fingerprint density at radius 3 is 2.26 bits per heavy atom. The molecule has 23 heavy (non-hydrogen) atoms. The molecular weight excluding hydrogens is 306 g/mol. The number of halogens is 1. The summed E-state index contributed by atoms with van der Waals surface area (Å²) in [5.41, 5.74) is -0.742. The van der Waals surface area contributed by atoms with Gasteiger partial charge in [-0.2, -0.15) is 9.97 Å². The average molecular weight is 330 g/mol. The zero-order chi connectivity index (χ0) is 26.1. The molecule has 3 nitrogen and oxygen atoms in total. The van der Waals surface area contributed by atoms with Crippen molar-refractivity contribution >= 4 is 22.4 Å². The number of benzene rings is 3. The van der Waals surface area contributed by atoms with Crippen LogP contribution in [0.25, 0.3) is 33.5 Å². The van der Waals surface area contributed by atoms with Gasteiger partial charge in [0.1, 0.15) is 0 Å². The number of fused-ring (bicyclic) bond motifs is 1. The molecule has 0 saturated carbocycles. The van der Waals surface area contributed by atoms with E-state index in [9.17, 15) is 0 Å². The van der Waals surface area contributed by atoms with Crippen LogP contribution in [-0.4, -0.2) is 15.0 Å². The van der Waals surface area contributed by atoms with E-state index in [2.05, 4.69) is 15.0 Å². The summed E-state index contributed by atoms with van der Waals surface area (Å²) in [5, 5.41) is -1.11. The highest BCUT2D eigenvalue weighted by atomic mass is 35.5. The minimum Gasteiger partial charge on any atom is -0.208 e. The number of nitrogens with zero attached hydrogens (tertiary/aromatic N) is 3. The lowest BCUT2D eigenvalue weighted by Gasteiger charge is -2.07. The van der Waals surface area contributed by atoms with E-state index in [1.165, 1.54) is 0 Å². The quantitative estimate of drug-likeness (QED) is 0.518. The molecule has 4 aromatic rings. The maximum absolute atomic E-state index is 8.41. The molecule has 4 rings (SSSR count). The minimum atomic E-state index is -0.654. The van der Waals surface area contributed by atoms with Crippen molar-refractivity contribution in [3.63, 3.8) is 0 Å². The monoisotopic (exact) mass is 329 g/mol. The van der Waals surface area contributed by atoms with Gasteiger partial charge in [-0.3, -0.25) is 0 Å². The van der Waals surface area contributed by atoms with Crippen LogP contribution in [-0.2, 0) is 0 Å². The third-order valence-corrected chi connectivity index (χ3v) is 3.04. The summed E-state index contributed by atoms with van der Waals surface area (Å²) in [7, 11) is 0. The third kappa shape index (κ3) is 2.67. The second-order valence-electron chi connectivity index (χ2n) is 4.25. The van der Waals surface area contributed by atoms with Gasteiger partial charge in [0.25, 0.3) is 0 Å². The van der Waals surface area contributed by atoms with E-state index in [4.69, 9.17) is 28.1 Å². The predicted octanol–water partition coefficient (Wildman–Crippen LogP) is 5.01. The van der Waals surface area contributed by atoms with Gasteiger partial charge in [0.15, 0.2) is 11.6 Å². The Kier molecular flexibility index (Phi) is 1.51. The van der Waals surface area contributed by atoms with Crippen LogP contribution in [0.3, 0.4) is 0 Å². The van der Waals surface area contributed by atoms with Gasteiger partial charge in [-0.25, -0.2) is 4.98 Å². The first-order valence-electron chi connectivity index (χ1n) is 12.3. The zero-order valence-electron chi connectivity index (χ0n) is 23.2. The lowest BCUT2D eigenvalue weighted by Crippen LogP contribution is -1.97. The number of hydrogen-bond acceptors (Lipinski definition) is 3. The number of aromatic nitrogens is 3. The molecule has 0 bridgehead atoms. The van der Waals surface area contributed by atoms with Crippen molar-refractivity contribution in [1.29, 1.82) is 0 Å². The Hall–Kier alpha value is -2.78. The Bertz CT molecular complexity index is 1550. The van der Waals surface area contributed by atoms with Gasteiger partial charge in [0.05, 0.1) is 16.4 Å². The van der Waals surface area contributed by atoms with Crippen molar-refractivity contribution in [2.75, 3.05) is 0 Å². The van der Waals surface area contributed by atoms with Gasteiger partial charge in [0, 0.05) is 11.1 Å². The standard InChI is InChI=1S/C19H12ClN3/c20-19-22-17(14-8-2-1-3-9-14)21-18(23-19)16-12-6-10-13-7-4-5-11-15(13)16/h1-12H/i1D,2D,3D,4D,5D,6D,7D,8D,9D,10D,11D,12D. The van der Waals surface area contributed by atoms with Crippen LogP contribution < -0.4 is 0 Å². The fraction of sp³-hybridized carbons (Fsp3) is 0. The van der Waals surface area contributed by atoms with Gasteiger partial charge in [-0.1, -0.05) is 72.5 Å². The summed E-state index contributed by atoms with van der Waals surface area (Å²) in [6, 6.07) is -7.51. The van der Waals surface area contributed by atoms with Crippen molar-refractivity contribution in [1.82, 2.24) is 15.0 Å². The van der Waals surface area contributed by atoms with Crippen molar-refractivity contribution in [3.8, 4) is 22.8 Å². The topological polar surface area (TPSA) is 38.7 Å². The highest BCUT2D eigenvalue weighted by Gasteiger charge is 2.11. The van der Waals surface area contributed by atoms with Crippen LogP contribution >= 0.6 is 11.6 Å². The van der Waals surface area contributed by atoms with E-state index in [0.717, 1.165) is 0 Å². The molecule has 0 atom stereocenters. The van der Waals surface area contributed by atoms with E-state index < -0.39 is 95.0 Å². The molecule has 0 spiro atoms. The normalized spacial score (nSPS) is 18.1. The summed E-state index contributed by atoms with van der Waals surface area (Å²) >= 11 is 6.06. The Morgan fingerprint density at radius 1 is 0.696 bits per heavy atom. The van der Waals surface area contributed by atoms with Crippen LogP contribution in [0.4, 0.5) is 0 Å². The fourth-order valence-electron chi connectivity index (χ4n) is 1.92. The van der Waals surface area contributed by atoms with Crippen molar-refractivity contribution in [3.05, 3.63) is 77.8 Å². The molecule has 0 radical (unpaired) electrons. The van der Waals surface area contributed by atoms with Crippen LogP contribution in [0.2, 0.25) is 5.28 Å². The lowest BCUT2D eigenvalue weighted by molar-refractivity contribution is 1.07. The van der Waals surface area contributed by atoms with Crippen LogP contribution in [0, 0.1) is 0 Å². The van der Waals surface area contributed by atoms with Crippen molar-refractivity contribution < 1.29 is 16.4 Å². The first-order valence-corrected chi connectivity index (χ1v) is 6.66. The number of hydrogen-bond donors (Lipinski definition) is 0. The van der Waals surface area contributed by atoms with Gasteiger partial charge >= 0.3 is 0 Å². The van der Waals surface area contributed by atoms with Gasteiger partial charge in [-0.05, 0) is 22.4 Å². The van der Waals surface area contributed by atoms with E-state index >= 15 is 0 Å². The Labute approximate surface area is 155 Å². The first-order chi connectivity index (χ1) is 16.3. The molecule has 1 heterocycles. The molecule has 0 aliphatic rings. The number of rotatable bonds is 2. The molecule has 0 fully saturated rings. The first kappa shape index (κ1) is 6.02. The van der Waals surface area contributed by atoms with Crippen molar-refractivity contribution in [2.24, 2.45) is 0 Å². The van der Waals surface area contributed by atoms with E-state index in [-0.39, 0.29) is 16.3 Å². The van der Waals surface area contributed by atoms with E-state index in [1.807, 2.05) is 0 Å². The highest BCUT2D eigenvalue weighted by molar-refractivity contribution is 6.28. The maximum atomic E-state index is 8.41. The van der Waals surface area contributed by atoms with Crippen LogP contribution in [0.5, 0.6) is 0 Å². The molecule has 1 aromatic heterocycles. The van der Waals surface area contributed by atoms with E-state index in [0.29, 0.717) is 0 Å². The average Bonchev–Trinajstić information content (AvgIpc) is 2.81. The molecule has 0 amide bonds. The molecule has 0 N–H and O–H groups in total. The largest absolute Gasteiger partial charge is 0.226 e. The second-order valence-corrected chi connectivity index (χ2v) is 4.59. The van der Waals surface area contributed by atoms with Crippen LogP contribution in [0.1, 0.15) is 16.4 Å². The highest BCUT2D eigenvalue weighted by Crippen LogP contribution is 2.28. The molecule has 110 valence electrons. The van der Waals surface area contributed by atoms with Gasteiger partial charge in [0.2, 0.25) is 5.28 Å². The van der Waals surface area contributed by atoms with Crippen LogP contribution in [0.15, 0.2) is 72.5 Å². The Balaban J connectivity index is 2.18. The maximum Gasteiger partial charge on any atom is 0.226 e. The second kappa shape index (κ2) is 5.78.